The van der Waals surface area contributed by atoms with E-state index in [-0.39, 0.29) is 0 Å². The molecular formula is C11H21N. The van der Waals surface area contributed by atoms with Crippen LogP contribution in [0.5, 0.6) is 0 Å². The zero-order valence-corrected chi connectivity index (χ0v) is 8.18. The Labute approximate surface area is 75.7 Å². The third-order valence-corrected chi connectivity index (χ3v) is 4.24. The van der Waals surface area contributed by atoms with Crippen molar-refractivity contribution >= 4 is 0 Å². The second kappa shape index (κ2) is 3.02. The van der Waals surface area contributed by atoms with Gasteiger partial charge in [0.2, 0.25) is 0 Å². The zero-order valence-electron chi connectivity index (χ0n) is 8.18. The van der Waals surface area contributed by atoms with E-state index in [4.69, 9.17) is 5.73 Å². The predicted octanol–water partition coefficient (Wildman–Crippen LogP) is 2.55. The van der Waals surface area contributed by atoms with Crippen molar-refractivity contribution in [3.63, 3.8) is 0 Å². The molecule has 1 unspecified atom stereocenters. The smallest absolute Gasteiger partial charge is 0.00179 e. The molecule has 2 N–H and O–H groups in total. The van der Waals surface area contributed by atoms with Gasteiger partial charge in [-0.25, -0.2) is 0 Å². The minimum atomic E-state index is 0.510. The fourth-order valence-electron chi connectivity index (χ4n) is 2.99. The maximum atomic E-state index is 5.93. The molecule has 2 rings (SSSR count). The maximum absolute atomic E-state index is 5.93. The van der Waals surface area contributed by atoms with E-state index >= 15 is 0 Å². The highest BCUT2D eigenvalue weighted by Gasteiger charge is 2.46. The highest BCUT2D eigenvalue weighted by atomic mass is 14.7. The van der Waals surface area contributed by atoms with Crippen LogP contribution in [0.4, 0.5) is 0 Å². The summed E-state index contributed by atoms with van der Waals surface area (Å²) in [6, 6.07) is 0. The van der Waals surface area contributed by atoms with Gasteiger partial charge in [-0.15, -0.1) is 0 Å². The summed E-state index contributed by atoms with van der Waals surface area (Å²) in [5, 5.41) is 0. The molecule has 12 heavy (non-hydrogen) atoms. The summed E-state index contributed by atoms with van der Waals surface area (Å²) < 4.78 is 0. The van der Waals surface area contributed by atoms with Crippen LogP contribution < -0.4 is 5.73 Å². The van der Waals surface area contributed by atoms with Crippen LogP contribution in [0.15, 0.2) is 0 Å². The lowest BCUT2D eigenvalue weighted by atomic mass is 9.72. The minimum Gasteiger partial charge on any atom is -0.330 e. The molecule has 0 aromatic carbocycles. The van der Waals surface area contributed by atoms with E-state index in [1.54, 1.807) is 0 Å². The van der Waals surface area contributed by atoms with E-state index in [2.05, 4.69) is 6.92 Å². The fourth-order valence-corrected chi connectivity index (χ4v) is 2.99. The standard InChI is InChI=1S/C11H21N/c1-11(8-12,10-6-7-10)9-4-2-3-5-9/h9-10H,2-8,12H2,1H3. The average Bonchev–Trinajstić information content (AvgIpc) is 2.80. The Morgan fingerprint density at radius 1 is 1.08 bits per heavy atom. The SMILES string of the molecule is CC(CN)(C1CCCC1)C1CC1. The summed E-state index contributed by atoms with van der Waals surface area (Å²) >= 11 is 0. The molecule has 1 heteroatoms. The first-order valence-electron chi connectivity index (χ1n) is 5.47. The minimum absolute atomic E-state index is 0.510. The monoisotopic (exact) mass is 167 g/mol. The van der Waals surface area contributed by atoms with Crippen molar-refractivity contribution in [1.29, 1.82) is 0 Å². The highest BCUT2D eigenvalue weighted by molar-refractivity contribution is 4.97. The maximum Gasteiger partial charge on any atom is -0.00179 e. The first-order valence-corrected chi connectivity index (χ1v) is 5.47. The molecule has 2 fully saturated rings. The molecule has 0 radical (unpaired) electrons. The Morgan fingerprint density at radius 3 is 2.00 bits per heavy atom. The van der Waals surface area contributed by atoms with E-state index < -0.39 is 0 Å². The summed E-state index contributed by atoms with van der Waals surface area (Å²) in [6.07, 6.45) is 8.70. The Balaban J connectivity index is 2.03. The predicted molar refractivity (Wildman–Crippen MR) is 51.8 cm³/mol. The normalized spacial score (nSPS) is 30.5. The van der Waals surface area contributed by atoms with Crippen molar-refractivity contribution in [2.45, 2.75) is 45.4 Å². The molecule has 0 aliphatic heterocycles. The van der Waals surface area contributed by atoms with Crippen molar-refractivity contribution in [3.8, 4) is 0 Å². The molecule has 1 nitrogen and oxygen atoms in total. The highest BCUT2D eigenvalue weighted by Crippen LogP contribution is 2.53. The van der Waals surface area contributed by atoms with Gasteiger partial charge in [-0.05, 0) is 49.5 Å². The van der Waals surface area contributed by atoms with E-state index in [1.807, 2.05) is 0 Å². The molecule has 1 atom stereocenters. The number of hydrogen-bond donors (Lipinski definition) is 1. The van der Waals surface area contributed by atoms with Gasteiger partial charge in [0.05, 0.1) is 0 Å². The molecule has 2 saturated carbocycles. The fraction of sp³-hybridized carbons (Fsp3) is 1.00. The Bertz CT molecular complexity index is 156. The Kier molecular flexibility index (Phi) is 2.16. The Hall–Kier alpha value is -0.0400. The molecular weight excluding hydrogens is 146 g/mol. The van der Waals surface area contributed by atoms with Crippen LogP contribution in [0.3, 0.4) is 0 Å². The van der Waals surface area contributed by atoms with Gasteiger partial charge in [0.15, 0.2) is 0 Å². The lowest BCUT2D eigenvalue weighted by Gasteiger charge is -2.34. The van der Waals surface area contributed by atoms with Crippen molar-refractivity contribution in [1.82, 2.24) is 0 Å². The van der Waals surface area contributed by atoms with E-state index in [1.165, 1.54) is 38.5 Å². The topological polar surface area (TPSA) is 26.0 Å². The third-order valence-electron chi connectivity index (χ3n) is 4.24. The molecule has 0 spiro atoms. The van der Waals surface area contributed by atoms with Crippen molar-refractivity contribution in [2.24, 2.45) is 23.0 Å². The van der Waals surface area contributed by atoms with Crippen molar-refractivity contribution < 1.29 is 0 Å². The summed E-state index contributed by atoms with van der Waals surface area (Å²) in [7, 11) is 0. The van der Waals surface area contributed by atoms with Gasteiger partial charge in [-0.3, -0.25) is 0 Å². The van der Waals surface area contributed by atoms with Crippen molar-refractivity contribution in [2.75, 3.05) is 6.54 Å². The number of hydrogen-bond acceptors (Lipinski definition) is 1. The number of rotatable bonds is 3. The molecule has 2 aliphatic rings. The molecule has 0 aromatic rings. The average molecular weight is 167 g/mol. The molecule has 0 aromatic heterocycles. The molecule has 0 saturated heterocycles. The third kappa shape index (κ3) is 1.28. The van der Waals surface area contributed by atoms with Crippen LogP contribution in [0, 0.1) is 17.3 Å². The largest absolute Gasteiger partial charge is 0.330 e. The van der Waals surface area contributed by atoms with E-state index in [9.17, 15) is 0 Å². The van der Waals surface area contributed by atoms with Crippen LogP contribution in [-0.2, 0) is 0 Å². The number of nitrogens with two attached hydrogens (primary N) is 1. The quantitative estimate of drug-likeness (QED) is 0.687. The van der Waals surface area contributed by atoms with Crippen LogP contribution in [-0.4, -0.2) is 6.54 Å². The van der Waals surface area contributed by atoms with Crippen LogP contribution in [0.1, 0.15) is 45.4 Å². The zero-order chi connectivity index (χ0) is 8.60. The lowest BCUT2D eigenvalue weighted by molar-refractivity contribution is 0.163. The van der Waals surface area contributed by atoms with Crippen LogP contribution in [0.2, 0.25) is 0 Å². The van der Waals surface area contributed by atoms with Crippen LogP contribution in [0.25, 0.3) is 0 Å². The Morgan fingerprint density at radius 2 is 1.58 bits per heavy atom. The van der Waals surface area contributed by atoms with Gasteiger partial charge in [0.1, 0.15) is 0 Å². The van der Waals surface area contributed by atoms with Crippen molar-refractivity contribution in [3.05, 3.63) is 0 Å². The van der Waals surface area contributed by atoms with Gasteiger partial charge in [-0.2, -0.15) is 0 Å². The van der Waals surface area contributed by atoms with Gasteiger partial charge < -0.3 is 5.73 Å². The second-order valence-corrected chi connectivity index (χ2v) is 4.97. The molecule has 70 valence electrons. The summed E-state index contributed by atoms with van der Waals surface area (Å²) in [5.74, 6) is 1.93. The molecule has 0 amide bonds. The molecule has 0 bridgehead atoms. The lowest BCUT2D eigenvalue weighted by Crippen LogP contribution is -2.36. The molecule has 2 aliphatic carbocycles. The van der Waals surface area contributed by atoms with Gasteiger partial charge in [0.25, 0.3) is 0 Å². The summed E-state index contributed by atoms with van der Waals surface area (Å²) in [6.45, 7) is 3.35. The van der Waals surface area contributed by atoms with Gasteiger partial charge in [-0.1, -0.05) is 19.8 Å². The van der Waals surface area contributed by atoms with E-state index in [0.29, 0.717) is 5.41 Å². The van der Waals surface area contributed by atoms with Gasteiger partial charge >= 0.3 is 0 Å². The summed E-state index contributed by atoms with van der Waals surface area (Å²) in [4.78, 5) is 0. The second-order valence-electron chi connectivity index (χ2n) is 4.97. The summed E-state index contributed by atoms with van der Waals surface area (Å²) in [5.41, 5.74) is 6.44. The van der Waals surface area contributed by atoms with Gasteiger partial charge in [0, 0.05) is 0 Å². The molecule has 0 heterocycles. The first kappa shape index (κ1) is 8.55. The van der Waals surface area contributed by atoms with E-state index in [0.717, 1.165) is 18.4 Å². The van der Waals surface area contributed by atoms with Crippen LogP contribution >= 0.6 is 0 Å². The first-order chi connectivity index (χ1) is 5.77.